The van der Waals surface area contributed by atoms with E-state index in [-0.39, 0.29) is 5.78 Å². The van der Waals surface area contributed by atoms with E-state index in [1.165, 1.54) is 31.9 Å². The van der Waals surface area contributed by atoms with E-state index in [0.717, 1.165) is 23.7 Å². The van der Waals surface area contributed by atoms with Crippen LogP contribution in [0.5, 0.6) is 0 Å². The van der Waals surface area contributed by atoms with E-state index in [1.54, 1.807) is 28.7 Å². The molecule has 0 spiro atoms. The number of carbonyl (C=O) groups is 1. The Bertz CT molecular complexity index is 1130. The zero-order chi connectivity index (χ0) is 19.8. The Morgan fingerprint density at radius 1 is 1.21 bits per heavy atom. The molecule has 0 radical (unpaired) electrons. The first-order chi connectivity index (χ1) is 13.4. The summed E-state index contributed by atoms with van der Waals surface area (Å²) in [5.74, 6) is 6.44. The Labute approximate surface area is 163 Å². The van der Waals surface area contributed by atoms with Crippen molar-refractivity contribution >= 4 is 5.78 Å². The first kappa shape index (κ1) is 18.2. The number of carbonyl (C=O) groups excluding carboxylic acids is 1. The van der Waals surface area contributed by atoms with Gasteiger partial charge in [-0.15, -0.1) is 0 Å². The Balaban J connectivity index is 1.72. The van der Waals surface area contributed by atoms with Gasteiger partial charge >= 0.3 is 0 Å². The number of ketones is 1. The molecule has 0 atom stereocenters. The van der Waals surface area contributed by atoms with Crippen molar-refractivity contribution < 1.29 is 9.18 Å². The molecule has 2 aromatic heterocycles. The maximum Gasteiger partial charge on any atom is 0.160 e. The van der Waals surface area contributed by atoms with E-state index in [9.17, 15) is 9.18 Å². The second kappa shape index (κ2) is 7.08. The standard InChI is InChI=1S/C22H21FN4O/c1-14(28)21-11-17(23)7-9-20(21)22-16(13-24-27(22)3)6-8-19-12-18(25-26(19)2)10-15-4-5-15/h7,9,11-13,15H,4-5,10H2,1-3H3. The molecule has 0 saturated heterocycles. The number of halogens is 1. The Hall–Kier alpha value is -3.20. The Kier molecular flexibility index (Phi) is 4.60. The van der Waals surface area contributed by atoms with E-state index in [4.69, 9.17) is 0 Å². The van der Waals surface area contributed by atoms with Crippen molar-refractivity contribution in [2.75, 3.05) is 0 Å². The zero-order valence-corrected chi connectivity index (χ0v) is 16.2. The van der Waals surface area contributed by atoms with E-state index < -0.39 is 5.82 Å². The number of hydrogen-bond donors (Lipinski definition) is 0. The van der Waals surface area contributed by atoms with Gasteiger partial charge in [-0.3, -0.25) is 14.2 Å². The summed E-state index contributed by atoms with van der Waals surface area (Å²) < 4.78 is 17.1. The van der Waals surface area contributed by atoms with Gasteiger partial charge in [0.2, 0.25) is 0 Å². The average Bonchev–Trinajstić information content (AvgIpc) is 3.29. The predicted molar refractivity (Wildman–Crippen MR) is 104 cm³/mol. The summed E-state index contributed by atoms with van der Waals surface area (Å²) in [4.78, 5) is 12.0. The summed E-state index contributed by atoms with van der Waals surface area (Å²) in [5, 5.41) is 8.83. The van der Waals surface area contributed by atoms with Crippen LogP contribution >= 0.6 is 0 Å². The average molecular weight is 376 g/mol. The number of rotatable bonds is 4. The summed E-state index contributed by atoms with van der Waals surface area (Å²) in [7, 11) is 3.67. The Morgan fingerprint density at radius 2 is 2.00 bits per heavy atom. The van der Waals surface area contributed by atoms with Crippen molar-refractivity contribution in [3.05, 3.63) is 58.8 Å². The molecule has 1 saturated carbocycles. The minimum atomic E-state index is -0.443. The molecule has 1 aliphatic rings. The molecule has 1 aliphatic carbocycles. The quantitative estimate of drug-likeness (QED) is 0.517. The fourth-order valence-electron chi connectivity index (χ4n) is 3.36. The summed E-state index contributed by atoms with van der Waals surface area (Å²) in [6.45, 7) is 1.43. The van der Waals surface area contributed by atoms with Crippen LogP contribution in [0.2, 0.25) is 0 Å². The van der Waals surface area contributed by atoms with Gasteiger partial charge in [0.25, 0.3) is 0 Å². The van der Waals surface area contributed by atoms with Gasteiger partial charge < -0.3 is 0 Å². The lowest BCUT2D eigenvalue weighted by molar-refractivity contribution is 0.101. The lowest BCUT2D eigenvalue weighted by atomic mass is 9.99. The first-order valence-electron chi connectivity index (χ1n) is 9.30. The third-order valence-electron chi connectivity index (χ3n) is 5.01. The van der Waals surface area contributed by atoms with Crippen LogP contribution in [0.15, 0.2) is 30.5 Å². The summed E-state index contributed by atoms with van der Waals surface area (Å²) in [6, 6.07) is 6.23. The molecule has 28 heavy (non-hydrogen) atoms. The molecule has 1 aromatic carbocycles. The van der Waals surface area contributed by atoms with E-state index in [2.05, 4.69) is 22.0 Å². The number of hydrogen-bond acceptors (Lipinski definition) is 3. The SMILES string of the molecule is CC(=O)c1cc(F)ccc1-c1c(C#Cc2cc(CC3CC3)nn2C)cnn1C. The highest BCUT2D eigenvalue weighted by Gasteiger charge is 2.23. The van der Waals surface area contributed by atoms with Crippen LogP contribution in [0.25, 0.3) is 11.3 Å². The van der Waals surface area contributed by atoms with Gasteiger partial charge in [0, 0.05) is 25.2 Å². The molecule has 1 fully saturated rings. The smallest absolute Gasteiger partial charge is 0.160 e. The van der Waals surface area contributed by atoms with Gasteiger partial charge in [0.05, 0.1) is 23.1 Å². The monoisotopic (exact) mass is 376 g/mol. The van der Waals surface area contributed by atoms with Gasteiger partial charge in [-0.2, -0.15) is 10.2 Å². The lowest BCUT2D eigenvalue weighted by Gasteiger charge is -2.08. The number of nitrogens with zero attached hydrogens (tertiary/aromatic N) is 4. The normalized spacial score (nSPS) is 13.3. The molecule has 0 N–H and O–H groups in total. The molecular weight excluding hydrogens is 355 g/mol. The molecule has 0 unspecified atom stereocenters. The van der Waals surface area contributed by atoms with Crippen LogP contribution in [0.3, 0.4) is 0 Å². The van der Waals surface area contributed by atoms with Gasteiger partial charge in [0.15, 0.2) is 5.78 Å². The first-order valence-corrected chi connectivity index (χ1v) is 9.30. The van der Waals surface area contributed by atoms with E-state index in [0.29, 0.717) is 22.4 Å². The predicted octanol–water partition coefficient (Wildman–Crippen LogP) is 3.51. The third kappa shape index (κ3) is 3.61. The van der Waals surface area contributed by atoms with Gasteiger partial charge in [-0.25, -0.2) is 4.39 Å². The fourth-order valence-corrected chi connectivity index (χ4v) is 3.36. The molecule has 3 aromatic rings. The zero-order valence-electron chi connectivity index (χ0n) is 16.2. The number of Topliss-reactive ketones (excluding diaryl/α,β-unsaturated/α-hetero) is 1. The Morgan fingerprint density at radius 3 is 2.71 bits per heavy atom. The highest BCUT2D eigenvalue weighted by Crippen LogP contribution is 2.32. The van der Waals surface area contributed by atoms with Gasteiger partial charge in [0.1, 0.15) is 11.5 Å². The maximum absolute atomic E-state index is 13.6. The molecular formula is C22H21FN4O. The third-order valence-corrected chi connectivity index (χ3v) is 5.01. The molecule has 5 nitrogen and oxygen atoms in total. The van der Waals surface area contributed by atoms with Crippen LogP contribution in [0.1, 0.15) is 47.1 Å². The van der Waals surface area contributed by atoms with E-state index in [1.807, 2.05) is 13.1 Å². The molecule has 2 heterocycles. The molecule has 6 heteroatoms. The summed E-state index contributed by atoms with van der Waals surface area (Å²) in [6.07, 6.45) is 5.24. The second-order valence-electron chi connectivity index (χ2n) is 7.32. The molecule has 142 valence electrons. The van der Waals surface area contributed by atoms with Gasteiger partial charge in [-0.1, -0.05) is 5.92 Å². The van der Waals surface area contributed by atoms with Crippen LogP contribution in [-0.2, 0) is 20.5 Å². The van der Waals surface area contributed by atoms with Crippen molar-refractivity contribution in [3.63, 3.8) is 0 Å². The minimum absolute atomic E-state index is 0.203. The second-order valence-corrected chi connectivity index (χ2v) is 7.32. The van der Waals surface area contributed by atoms with E-state index >= 15 is 0 Å². The summed E-state index contributed by atoms with van der Waals surface area (Å²) in [5.41, 5.74) is 4.21. The van der Waals surface area contributed by atoms with Crippen LogP contribution in [0.4, 0.5) is 4.39 Å². The van der Waals surface area contributed by atoms with Crippen LogP contribution in [-0.4, -0.2) is 25.3 Å². The minimum Gasteiger partial charge on any atom is -0.294 e. The fraction of sp³-hybridized carbons (Fsp3) is 0.318. The molecule has 0 aliphatic heterocycles. The highest BCUT2D eigenvalue weighted by molar-refractivity contribution is 6.01. The molecule has 0 amide bonds. The van der Waals surface area contributed by atoms with Crippen molar-refractivity contribution in [2.45, 2.75) is 26.2 Å². The molecule has 4 rings (SSSR count). The topological polar surface area (TPSA) is 52.7 Å². The maximum atomic E-state index is 13.6. The highest BCUT2D eigenvalue weighted by atomic mass is 19.1. The van der Waals surface area contributed by atoms with Crippen molar-refractivity contribution in [1.29, 1.82) is 0 Å². The lowest BCUT2D eigenvalue weighted by Crippen LogP contribution is -2.02. The number of aromatic nitrogens is 4. The van der Waals surface area contributed by atoms with Crippen molar-refractivity contribution in [1.82, 2.24) is 19.6 Å². The summed E-state index contributed by atoms with van der Waals surface area (Å²) >= 11 is 0. The number of aryl methyl sites for hydroxylation is 2. The number of benzene rings is 1. The van der Waals surface area contributed by atoms with Crippen molar-refractivity contribution in [2.24, 2.45) is 20.0 Å². The van der Waals surface area contributed by atoms with Gasteiger partial charge in [-0.05, 0) is 62.3 Å². The van der Waals surface area contributed by atoms with Crippen LogP contribution < -0.4 is 0 Å². The van der Waals surface area contributed by atoms with Crippen molar-refractivity contribution in [3.8, 4) is 23.1 Å². The molecule has 0 bridgehead atoms. The van der Waals surface area contributed by atoms with Crippen LogP contribution in [0, 0.1) is 23.6 Å². The largest absolute Gasteiger partial charge is 0.294 e.